The number of benzene rings is 2. The number of ether oxygens (including phenoxy) is 1. The fraction of sp³-hybridized carbons (Fsp3) is 0.333. The number of esters is 1. The summed E-state index contributed by atoms with van der Waals surface area (Å²) in [5, 5.41) is 0. The van der Waals surface area contributed by atoms with Crippen molar-refractivity contribution in [2.24, 2.45) is 0 Å². The molecule has 1 atom stereocenters. The molecular weight excluding hydrogens is 410 g/mol. The zero-order chi connectivity index (χ0) is 23.3. The van der Waals surface area contributed by atoms with Gasteiger partial charge >= 0.3 is 5.97 Å². The summed E-state index contributed by atoms with van der Waals surface area (Å²) in [5.41, 5.74) is 0.980. The third-order valence-corrected chi connectivity index (χ3v) is 5.49. The van der Waals surface area contributed by atoms with Crippen LogP contribution in [0.1, 0.15) is 34.6 Å². The average Bonchev–Trinajstić information content (AvgIpc) is 2.83. The maximum absolute atomic E-state index is 13.0. The highest BCUT2D eigenvalue weighted by atomic mass is 16.5. The van der Waals surface area contributed by atoms with Crippen LogP contribution in [0.2, 0.25) is 0 Å². The van der Waals surface area contributed by atoms with Crippen molar-refractivity contribution in [1.29, 1.82) is 0 Å². The SMILES string of the molecule is CC(=O)N1CCN(C(=O)C(C)OC(=O)c2ccccc2C(=O)N(C)c2ccccc2)CC1. The van der Waals surface area contributed by atoms with Gasteiger partial charge in [-0.3, -0.25) is 14.4 Å². The van der Waals surface area contributed by atoms with Crippen molar-refractivity contribution in [3.8, 4) is 0 Å². The van der Waals surface area contributed by atoms with Gasteiger partial charge in [0.1, 0.15) is 0 Å². The van der Waals surface area contributed by atoms with Gasteiger partial charge in [-0.25, -0.2) is 4.79 Å². The minimum Gasteiger partial charge on any atom is -0.449 e. The predicted molar refractivity (Wildman–Crippen MR) is 119 cm³/mol. The summed E-state index contributed by atoms with van der Waals surface area (Å²) < 4.78 is 5.42. The van der Waals surface area contributed by atoms with Crippen LogP contribution in [0.4, 0.5) is 5.69 Å². The zero-order valence-corrected chi connectivity index (χ0v) is 18.5. The molecule has 0 N–H and O–H groups in total. The van der Waals surface area contributed by atoms with E-state index in [2.05, 4.69) is 0 Å². The fourth-order valence-electron chi connectivity index (χ4n) is 3.57. The van der Waals surface area contributed by atoms with Crippen molar-refractivity contribution in [3.63, 3.8) is 0 Å². The van der Waals surface area contributed by atoms with E-state index < -0.39 is 12.1 Å². The monoisotopic (exact) mass is 437 g/mol. The lowest BCUT2D eigenvalue weighted by atomic mass is 10.1. The van der Waals surface area contributed by atoms with E-state index in [-0.39, 0.29) is 28.8 Å². The first-order valence-electron chi connectivity index (χ1n) is 10.5. The Balaban J connectivity index is 1.68. The van der Waals surface area contributed by atoms with Gasteiger partial charge in [0, 0.05) is 45.8 Å². The highest BCUT2D eigenvalue weighted by Crippen LogP contribution is 2.19. The Morgan fingerprint density at radius 3 is 1.97 bits per heavy atom. The second-order valence-electron chi connectivity index (χ2n) is 7.62. The lowest BCUT2D eigenvalue weighted by Crippen LogP contribution is -2.52. The summed E-state index contributed by atoms with van der Waals surface area (Å²) in [6.07, 6.45) is -1.01. The number of nitrogens with zero attached hydrogens (tertiary/aromatic N) is 3. The number of rotatable bonds is 5. The predicted octanol–water partition coefficient (Wildman–Crippen LogP) is 2.20. The number of hydrogen-bond donors (Lipinski definition) is 0. The van der Waals surface area contributed by atoms with Gasteiger partial charge in [0.05, 0.1) is 11.1 Å². The molecule has 0 saturated carbocycles. The molecule has 1 saturated heterocycles. The molecule has 32 heavy (non-hydrogen) atoms. The molecular formula is C24H27N3O5. The van der Waals surface area contributed by atoms with Gasteiger partial charge in [0.15, 0.2) is 6.10 Å². The first-order chi connectivity index (χ1) is 15.3. The molecule has 2 aromatic rings. The van der Waals surface area contributed by atoms with Crippen LogP contribution in [0.5, 0.6) is 0 Å². The van der Waals surface area contributed by atoms with E-state index >= 15 is 0 Å². The van der Waals surface area contributed by atoms with Gasteiger partial charge in [-0.15, -0.1) is 0 Å². The highest BCUT2D eigenvalue weighted by Gasteiger charge is 2.29. The molecule has 8 heteroatoms. The lowest BCUT2D eigenvalue weighted by molar-refractivity contribution is -0.144. The van der Waals surface area contributed by atoms with E-state index in [1.807, 2.05) is 18.2 Å². The van der Waals surface area contributed by atoms with Crippen LogP contribution >= 0.6 is 0 Å². The van der Waals surface area contributed by atoms with E-state index in [1.165, 1.54) is 24.8 Å². The minimum absolute atomic E-state index is 0.0293. The van der Waals surface area contributed by atoms with E-state index in [0.717, 1.165) is 0 Å². The Labute approximate surface area is 187 Å². The summed E-state index contributed by atoms with van der Waals surface area (Å²) >= 11 is 0. The van der Waals surface area contributed by atoms with E-state index in [0.29, 0.717) is 31.9 Å². The van der Waals surface area contributed by atoms with Crippen LogP contribution in [0.3, 0.4) is 0 Å². The molecule has 0 bridgehead atoms. The smallest absolute Gasteiger partial charge is 0.339 e. The maximum Gasteiger partial charge on any atom is 0.339 e. The lowest BCUT2D eigenvalue weighted by Gasteiger charge is -2.35. The first-order valence-corrected chi connectivity index (χ1v) is 10.5. The van der Waals surface area contributed by atoms with Crippen molar-refractivity contribution in [3.05, 3.63) is 65.7 Å². The summed E-state index contributed by atoms with van der Waals surface area (Å²) in [7, 11) is 1.63. The molecule has 1 fully saturated rings. The second kappa shape index (κ2) is 10.1. The standard InChI is InChI=1S/C24H27N3O5/c1-17(22(29)27-15-13-26(14-16-27)18(2)28)32-24(31)21-12-8-7-11-20(21)23(30)25(3)19-9-5-4-6-10-19/h4-12,17H,13-16H2,1-3H3. The first kappa shape index (κ1) is 23.0. The zero-order valence-electron chi connectivity index (χ0n) is 18.5. The number of carbonyl (C=O) groups is 4. The summed E-state index contributed by atoms with van der Waals surface area (Å²) in [5.74, 6) is -1.45. The van der Waals surface area contributed by atoms with Crippen LogP contribution in [-0.4, -0.2) is 72.8 Å². The Hall–Kier alpha value is -3.68. The molecule has 0 spiro atoms. The van der Waals surface area contributed by atoms with E-state index in [9.17, 15) is 19.2 Å². The molecule has 0 aromatic heterocycles. The number of carbonyl (C=O) groups excluding carboxylic acids is 4. The van der Waals surface area contributed by atoms with Crippen molar-refractivity contribution in [1.82, 2.24) is 9.80 Å². The van der Waals surface area contributed by atoms with Crippen molar-refractivity contribution >= 4 is 29.4 Å². The third kappa shape index (κ3) is 5.14. The number of anilines is 1. The van der Waals surface area contributed by atoms with Crippen molar-refractivity contribution < 1.29 is 23.9 Å². The van der Waals surface area contributed by atoms with Crippen molar-refractivity contribution in [2.45, 2.75) is 20.0 Å². The fourth-order valence-corrected chi connectivity index (χ4v) is 3.57. The molecule has 1 heterocycles. The maximum atomic E-state index is 13.0. The molecule has 8 nitrogen and oxygen atoms in total. The molecule has 3 amide bonds. The topological polar surface area (TPSA) is 87.2 Å². The normalized spacial score (nSPS) is 14.5. The number of piperazine rings is 1. The average molecular weight is 437 g/mol. The molecule has 0 aliphatic carbocycles. The Kier molecular flexibility index (Phi) is 7.25. The van der Waals surface area contributed by atoms with Gasteiger partial charge in [-0.1, -0.05) is 30.3 Å². The Morgan fingerprint density at radius 2 is 1.38 bits per heavy atom. The number of para-hydroxylation sites is 1. The van der Waals surface area contributed by atoms with Crippen LogP contribution in [0.25, 0.3) is 0 Å². The highest BCUT2D eigenvalue weighted by molar-refractivity contribution is 6.12. The molecule has 0 radical (unpaired) electrons. The molecule has 3 rings (SSSR count). The van der Waals surface area contributed by atoms with Gasteiger partial charge in [0.2, 0.25) is 5.91 Å². The van der Waals surface area contributed by atoms with Crippen molar-refractivity contribution in [2.75, 3.05) is 38.1 Å². The van der Waals surface area contributed by atoms with Gasteiger partial charge in [-0.05, 0) is 31.2 Å². The van der Waals surface area contributed by atoms with Gasteiger partial charge in [0.25, 0.3) is 11.8 Å². The van der Waals surface area contributed by atoms with Crippen LogP contribution in [0, 0.1) is 0 Å². The third-order valence-electron chi connectivity index (χ3n) is 5.49. The summed E-state index contributed by atoms with van der Waals surface area (Å²) in [6.45, 7) is 4.68. The quantitative estimate of drug-likeness (QED) is 0.670. The summed E-state index contributed by atoms with van der Waals surface area (Å²) in [6, 6.07) is 15.5. The molecule has 2 aromatic carbocycles. The summed E-state index contributed by atoms with van der Waals surface area (Å²) in [4.78, 5) is 54.8. The van der Waals surface area contributed by atoms with Crippen LogP contribution in [-0.2, 0) is 14.3 Å². The van der Waals surface area contributed by atoms with E-state index in [4.69, 9.17) is 4.74 Å². The largest absolute Gasteiger partial charge is 0.449 e. The molecule has 168 valence electrons. The molecule has 1 aliphatic rings. The Morgan fingerprint density at radius 1 is 0.844 bits per heavy atom. The van der Waals surface area contributed by atoms with E-state index in [1.54, 1.807) is 47.2 Å². The molecule has 1 unspecified atom stereocenters. The van der Waals surface area contributed by atoms with Gasteiger partial charge in [-0.2, -0.15) is 0 Å². The Bertz CT molecular complexity index is 1000. The van der Waals surface area contributed by atoms with Crippen LogP contribution in [0.15, 0.2) is 54.6 Å². The second-order valence-corrected chi connectivity index (χ2v) is 7.62. The van der Waals surface area contributed by atoms with Crippen LogP contribution < -0.4 is 4.90 Å². The van der Waals surface area contributed by atoms with Gasteiger partial charge < -0.3 is 19.4 Å². The molecule has 1 aliphatic heterocycles. The minimum atomic E-state index is -1.01. The number of amides is 3. The number of hydrogen-bond acceptors (Lipinski definition) is 5.